The van der Waals surface area contributed by atoms with Crippen LogP contribution in [0.15, 0.2) is 24.3 Å². The van der Waals surface area contributed by atoms with Gasteiger partial charge in [0.25, 0.3) is 0 Å². The molecule has 1 saturated carbocycles. The Morgan fingerprint density at radius 2 is 1.85 bits per heavy atom. The summed E-state index contributed by atoms with van der Waals surface area (Å²) in [6, 6.07) is 5.64. The molecule has 20 heavy (non-hydrogen) atoms. The van der Waals surface area contributed by atoms with Gasteiger partial charge in [-0.1, -0.05) is 31.9 Å². The van der Waals surface area contributed by atoms with E-state index in [1.807, 2.05) is 0 Å². The summed E-state index contributed by atoms with van der Waals surface area (Å²) in [5.74, 6) is 0.504. The molecule has 0 bridgehead atoms. The molecule has 1 N–H and O–H groups in total. The van der Waals surface area contributed by atoms with Crippen molar-refractivity contribution in [3.05, 3.63) is 29.8 Å². The van der Waals surface area contributed by atoms with E-state index in [0.717, 1.165) is 25.7 Å². The number of alkyl halides is 3. The summed E-state index contributed by atoms with van der Waals surface area (Å²) in [6.07, 6.45) is -1.50. The van der Waals surface area contributed by atoms with E-state index in [0.29, 0.717) is 11.5 Å². The number of ether oxygens (including phenoxy) is 1. The highest BCUT2D eigenvalue weighted by atomic mass is 19.4. The lowest BCUT2D eigenvalue weighted by Gasteiger charge is -2.30. The van der Waals surface area contributed by atoms with Crippen molar-refractivity contribution in [2.45, 2.75) is 45.1 Å². The lowest BCUT2D eigenvalue weighted by atomic mass is 9.78. The minimum atomic E-state index is -4.70. The Hall–Kier alpha value is -1.23. The van der Waals surface area contributed by atoms with Gasteiger partial charge in [-0.2, -0.15) is 0 Å². The van der Waals surface area contributed by atoms with E-state index in [2.05, 4.69) is 11.7 Å². The van der Waals surface area contributed by atoms with Crippen molar-refractivity contribution in [2.75, 3.05) is 0 Å². The zero-order chi connectivity index (χ0) is 14.8. The molecule has 2 rings (SSSR count). The average Bonchev–Trinajstić information content (AvgIpc) is 2.37. The Bertz CT molecular complexity index is 437. The van der Waals surface area contributed by atoms with Crippen LogP contribution in [0.5, 0.6) is 5.75 Å². The minimum Gasteiger partial charge on any atom is -0.406 e. The van der Waals surface area contributed by atoms with Crippen molar-refractivity contribution in [1.82, 2.24) is 0 Å². The maximum absolute atomic E-state index is 12.2. The summed E-state index contributed by atoms with van der Waals surface area (Å²) in [7, 11) is 0. The second kappa shape index (κ2) is 6.04. The smallest absolute Gasteiger partial charge is 0.406 e. The van der Waals surface area contributed by atoms with E-state index in [1.165, 1.54) is 18.2 Å². The van der Waals surface area contributed by atoms with E-state index in [9.17, 15) is 18.3 Å². The molecule has 5 heteroatoms. The van der Waals surface area contributed by atoms with Crippen LogP contribution in [0, 0.1) is 11.8 Å². The number of rotatable bonds is 3. The summed E-state index contributed by atoms with van der Waals surface area (Å²) < 4.78 is 40.4. The monoisotopic (exact) mass is 288 g/mol. The molecule has 1 unspecified atom stereocenters. The van der Waals surface area contributed by atoms with Crippen molar-refractivity contribution in [3.63, 3.8) is 0 Å². The Balaban J connectivity index is 2.06. The van der Waals surface area contributed by atoms with E-state index in [1.54, 1.807) is 6.07 Å². The van der Waals surface area contributed by atoms with Crippen LogP contribution in [0.4, 0.5) is 13.2 Å². The molecule has 1 fully saturated rings. The fourth-order valence-electron chi connectivity index (χ4n) is 2.77. The van der Waals surface area contributed by atoms with Gasteiger partial charge in [-0.05, 0) is 42.4 Å². The molecule has 0 amide bonds. The van der Waals surface area contributed by atoms with Gasteiger partial charge in [-0.15, -0.1) is 13.2 Å². The van der Waals surface area contributed by atoms with Crippen LogP contribution in [-0.4, -0.2) is 11.5 Å². The Kier molecular flexibility index (Phi) is 4.58. The fraction of sp³-hybridized carbons (Fsp3) is 0.600. The Labute approximate surface area is 116 Å². The van der Waals surface area contributed by atoms with Crippen LogP contribution < -0.4 is 4.74 Å². The number of halogens is 3. The molecule has 1 atom stereocenters. The maximum atomic E-state index is 12.2. The van der Waals surface area contributed by atoms with E-state index in [4.69, 9.17) is 0 Å². The SMILES string of the molecule is CC1CCC(C(O)c2cccc(OC(F)(F)F)c2)CC1. The second-order valence-corrected chi connectivity index (χ2v) is 5.59. The van der Waals surface area contributed by atoms with Gasteiger partial charge in [0, 0.05) is 0 Å². The normalized spacial score (nSPS) is 25.2. The highest BCUT2D eigenvalue weighted by Crippen LogP contribution is 2.37. The first kappa shape index (κ1) is 15.2. The second-order valence-electron chi connectivity index (χ2n) is 5.59. The van der Waals surface area contributed by atoms with Gasteiger partial charge >= 0.3 is 6.36 Å². The molecular formula is C15H19F3O2. The van der Waals surface area contributed by atoms with Crippen LogP contribution in [0.1, 0.15) is 44.3 Å². The lowest BCUT2D eigenvalue weighted by Crippen LogP contribution is -2.20. The Morgan fingerprint density at radius 3 is 2.45 bits per heavy atom. The summed E-state index contributed by atoms with van der Waals surface area (Å²) in [4.78, 5) is 0. The van der Waals surface area contributed by atoms with Gasteiger partial charge in [0.2, 0.25) is 0 Å². The van der Waals surface area contributed by atoms with Gasteiger partial charge in [0.15, 0.2) is 0 Å². The third-order valence-corrected chi connectivity index (χ3v) is 3.94. The zero-order valence-electron chi connectivity index (χ0n) is 11.4. The molecule has 0 radical (unpaired) electrons. The van der Waals surface area contributed by atoms with Crippen molar-refractivity contribution in [1.29, 1.82) is 0 Å². The molecular weight excluding hydrogens is 269 g/mol. The number of aliphatic hydroxyl groups excluding tert-OH is 1. The first-order chi connectivity index (χ1) is 9.35. The number of aliphatic hydroxyl groups is 1. The molecule has 1 aromatic rings. The van der Waals surface area contributed by atoms with Gasteiger partial charge in [0.05, 0.1) is 6.10 Å². The predicted octanol–water partition coefficient (Wildman–Crippen LogP) is 4.44. The predicted molar refractivity (Wildman–Crippen MR) is 69.2 cm³/mol. The molecule has 112 valence electrons. The van der Waals surface area contributed by atoms with Crippen LogP contribution in [0.2, 0.25) is 0 Å². The topological polar surface area (TPSA) is 29.5 Å². The van der Waals surface area contributed by atoms with E-state index < -0.39 is 12.5 Å². The molecule has 0 aromatic heterocycles. The summed E-state index contributed by atoms with van der Waals surface area (Å²) in [5, 5.41) is 10.3. The summed E-state index contributed by atoms with van der Waals surface area (Å²) in [5.41, 5.74) is 0.492. The molecule has 0 heterocycles. The van der Waals surface area contributed by atoms with Crippen LogP contribution in [0.25, 0.3) is 0 Å². The fourth-order valence-corrected chi connectivity index (χ4v) is 2.77. The minimum absolute atomic E-state index is 0.118. The Morgan fingerprint density at radius 1 is 1.20 bits per heavy atom. The third kappa shape index (κ3) is 4.13. The summed E-state index contributed by atoms with van der Waals surface area (Å²) >= 11 is 0. The third-order valence-electron chi connectivity index (χ3n) is 3.94. The molecule has 0 saturated heterocycles. The van der Waals surface area contributed by atoms with Gasteiger partial charge < -0.3 is 9.84 Å². The van der Waals surface area contributed by atoms with Gasteiger partial charge in [-0.25, -0.2) is 0 Å². The molecule has 2 nitrogen and oxygen atoms in total. The van der Waals surface area contributed by atoms with Gasteiger partial charge in [0.1, 0.15) is 5.75 Å². The van der Waals surface area contributed by atoms with Crippen molar-refractivity contribution in [2.24, 2.45) is 11.8 Å². The highest BCUT2D eigenvalue weighted by Gasteiger charge is 2.32. The van der Waals surface area contributed by atoms with Gasteiger partial charge in [-0.3, -0.25) is 0 Å². The van der Waals surface area contributed by atoms with Crippen LogP contribution in [0.3, 0.4) is 0 Å². The largest absolute Gasteiger partial charge is 0.573 e. The van der Waals surface area contributed by atoms with E-state index in [-0.39, 0.29) is 11.7 Å². The lowest BCUT2D eigenvalue weighted by molar-refractivity contribution is -0.274. The van der Waals surface area contributed by atoms with Crippen molar-refractivity contribution < 1.29 is 23.0 Å². The van der Waals surface area contributed by atoms with Crippen molar-refractivity contribution >= 4 is 0 Å². The first-order valence-electron chi connectivity index (χ1n) is 6.89. The molecule has 0 spiro atoms. The zero-order valence-corrected chi connectivity index (χ0v) is 11.4. The number of hydrogen-bond acceptors (Lipinski definition) is 2. The number of hydrogen-bond donors (Lipinski definition) is 1. The molecule has 0 aliphatic heterocycles. The average molecular weight is 288 g/mol. The van der Waals surface area contributed by atoms with E-state index >= 15 is 0 Å². The number of benzene rings is 1. The summed E-state index contributed by atoms with van der Waals surface area (Å²) in [6.45, 7) is 2.18. The molecule has 1 aliphatic rings. The van der Waals surface area contributed by atoms with Crippen molar-refractivity contribution in [3.8, 4) is 5.75 Å². The maximum Gasteiger partial charge on any atom is 0.573 e. The van der Waals surface area contributed by atoms with Crippen LogP contribution in [-0.2, 0) is 0 Å². The molecule has 1 aliphatic carbocycles. The highest BCUT2D eigenvalue weighted by molar-refractivity contribution is 5.30. The standard InChI is InChI=1S/C15H19F3O2/c1-10-5-7-11(8-6-10)14(19)12-3-2-4-13(9-12)20-15(16,17)18/h2-4,9-11,14,19H,5-8H2,1H3. The first-order valence-corrected chi connectivity index (χ1v) is 6.89. The molecule has 1 aromatic carbocycles. The van der Waals surface area contributed by atoms with Crippen LogP contribution >= 0.6 is 0 Å². The quantitative estimate of drug-likeness (QED) is 0.890.